The molecule has 1 fully saturated rings. The van der Waals surface area contributed by atoms with Crippen molar-refractivity contribution in [1.82, 2.24) is 0 Å². The van der Waals surface area contributed by atoms with E-state index in [4.69, 9.17) is 10.2 Å². The number of aromatic hydroxyl groups is 1. The van der Waals surface area contributed by atoms with Gasteiger partial charge < -0.3 is 10.2 Å². The van der Waals surface area contributed by atoms with Gasteiger partial charge in [0.15, 0.2) is 0 Å². The van der Waals surface area contributed by atoms with Crippen molar-refractivity contribution in [2.45, 2.75) is 19.3 Å². The number of benzene rings is 1. The maximum Gasteiger partial charge on any atom is 0.130 e. The topological polar surface area (TPSA) is 40.5 Å². The van der Waals surface area contributed by atoms with E-state index in [1.54, 1.807) is 6.07 Å². The van der Waals surface area contributed by atoms with E-state index in [9.17, 15) is 4.39 Å². The molecule has 76 valence electrons. The van der Waals surface area contributed by atoms with Crippen molar-refractivity contribution in [3.63, 3.8) is 0 Å². The molecule has 1 aliphatic carbocycles. The molecule has 0 spiro atoms. The average molecular weight is 196 g/mol. The summed E-state index contributed by atoms with van der Waals surface area (Å²) in [6, 6.07) is 4.18. The second-order valence-electron chi connectivity index (χ2n) is 4.11. The van der Waals surface area contributed by atoms with Crippen LogP contribution in [0.15, 0.2) is 18.2 Å². The van der Waals surface area contributed by atoms with Gasteiger partial charge in [-0.05, 0) is 36.3 Å². The molecule has 2 N–H and O–H groups in total. The van der Waals surface area contributed by atoms with Gasteiger partial charge >= 0.3 is 0 Å². The molecule has 1 saturated carbocycles. The molecule has 0 atom stereocenters. The van der Waals surface area contributed by atoms with Crippen molar-refractivity contribution in [2.75, 3.05) is 6.61 Å². The van der Waals surface area contributed by atoms with Gasteiger partial charge in [0.05, 0.1) is 0 Å². The van der Waals surface area contributed by atoms with E-state index in [1.807, 2.05) is 0 Å². The third kappa shape index (κ3) is 1.73. The van der Waals surface area contributed by atoms with Crippen LogP contribution in [-0.2, 0) is 6.42 Å². The third-order valence-corrected chi connectivity index (χ3v) is 2.89. The maximum absolute atomic E-state index is 13.3. The second-order valence-corrected chi connectivity index (χ2v) is 4.11. The molecule has 2 rings (SSSR count). The predicted molar refractivity (Wildman–Crippen MR) is 50.5 cm³/mol. The first-order chi connectivity index (χ1) is 6.65. The number of phenols is 1. The molecule has 2 nitrogen and oxygen atoms in total. The molecule has 1 aromatic carbocycles. The van der Waals surface area contributed by atoms with Gasteiger partial charge in [-0.15, -0.1) is 0 Å². The van der Waals surface area contributed by atoms with E-state index < -0.39 is 0 Å². The van der Waals surface area contributed by atoms with Gasteiger partial charge in [0.25, 0.3) is 0 Å². The van der Waals surface area contributed by atoms with E-state index in [1.165, 1.54) is 6.07 Å². The van der Waals surface area contributed by atoms with E-state index in [0.717, 1.165) is 18.9 Å². The van der Waals surface area contributed by atoms with Crippen LogP contribution in [0.25, 0.3) is 0 Å². The summed E-state index contributed by atoms with van der Waals surface area (Å²) in [6.07, 6.45) is 2.49. The molecule has 0 radical (unpaired) electrons. The number of halogens is 1. The highest BCUT2D eigenvalue weighted by atomic mass is 19.1. The van der Waals surface area contributed by atoms with E-state index in [0.29, 0.717) is 12.0 Å². The predicted octanol–water partition coefficient (Wildman–Crippen LogP) is 1.85. The van der Waals surface area contributed by atoms with Crippen LogP contribution < -0.4 is 0 Å². The van der Waals surface area contributed by atoms with Crippen LogP contribution in [0.5, 0.6) is 5.75 Å². The summed E-state index contributed by atoms with van der Waals surface area (Å²) in [6.45, 7) is 0.118. The summed E-state index contributed by atoms with van der Waals surface area (Å²) < 4.78 is 13.3. The Balaban J connectivity index is 2.17. The van der Waals surface area contributed by atoms with Crippen LogP contribution in [0.1, 0.15) is 18.4 Å². The Morgan fingerprint density at radius 1 is 1.36 bits per heavy atom. The molecule has 0 aromatic heterocycles. The Hall–Kier alpha value is -1.09. The number of phenolic OH excluding ortho intramolecular Hbond substituents is 1. The number of aliphatic hydroxyl groups is 1. The summed E-state index contributed by atoms with van der Waals surface area (Å²) in [7, 11) is 0. The van der Waals surface area contributed by atoms with Crippen LogP contribution >= 0.6 is 0 Å². The Morgan fingerprint density at radius 2 is 2.07 bits per heavy atom. The molecule has 1 aliphatic rings. The van der Waals surface area contributed by atoms with Crippen molar-refractivity contribution >= 4 is 0 Å². The number of aliphatic hydroxyl groups excluding tert-OH is 1. The van der Waals surface area contributed by atoms with Gasteiger partial charge in [-0.25, -0.2) is 4.39 Å². The number of hydrogen-bond acceptors (Lipinski definition) is 2. The molecule has 1 aromatic rings. The fourth-order valence-corrected chi connectivity index (χ4v) is 1.65. The molecule has 3 heteroatoms. The molecular formula is C11H13FO2. The molecule has 0 bridgehead atoms. The van der Waals surface area contributed by atoms with Crippen LogP contribution in [0.3, 0.4) is 0 Å². The Labute approximate surface area is 82.0 Å². The molecule has 0 saturated heterocycles. The Morgan fingerprint density at radius 3 is 2.57 bits per heavy atom. The number of rotatable bonds is 3. The van der Waals surface area contributed by atoms with Crippen molar-refractivity contribution in [3.05, 3.63) is 29.6 Å². The van der Waals surface area contributed by atoms with Crippen molar-refractivity contribution in [2.24, 2.45) is 5.41 Å². The summed E-state index contributed by atoms with van der Waals surface area (Å²) in [5.41, 5.74) is 0.493. The van der Waals surface area contributed by atoms with Gasteiger partial charge in [-0.1, -0.05) is 6.07 Å². The van der Waals surface area contributed by atoms with Gasteiger partial charge in [-0.3, -0.25) is 0 Å². The summed E-state index contributed by atoms with van der Waals surface area (Å²) in [4.78, 5) is 0. The minimum Gasteiger partial charge on any atom is -0.508 e. The lowest BCUT2D eigenvalue weighted by Gasteiger charge is -2.11. The molecule has 0 aliphatic heterocycles. The highest BCUT2D eigenvalue weighted by Crippen LogP contribution is 2.48. The smallest absolute Gasteiger partial charge is 0.130 e. The summed E-state index contributed by atoms with van der Waals surface area (Å²) >= 11 is 0. The maximum atomic E-state index is 13.3. The molecule has 0 heterocycles. The first-order valence-electron chi connectivity index (χ1n) is 4.73. The fraction of sp³-hybridized carbons (Fsp3) is 0.455. The Kier molecular flexibility index (Phi) is 2.19. The minimum atomic E-state index is -0.385. The normalized spacial score (nSPS) is 18.1. The lowest BCUT2D eigenvalue weighted by molar-refractivity contribution is 0.210. The van der Waals surface area contributed by atoms with E-state index in [2.05, 4.69) is 0 Å². The van der Waals surface area contributed by atoms with Gasteiger partial charge in [0.1, 0.15) is 11.6 Å². The van der Waals surface area contributed by atoms with Crippen molar-refractivity contribution < 1.29 is 14.6 Å². The quantitative estimate of drug-likeness (QED) is 0.774. The minimum absolute atomic E-state index is 0.0555. The second kappa shape index (κ2) is 3.24. The molecule has 0 amide bonds. The van der Waals surface area contributed by atoms with Crippen molar-refractivity contribution in [3.8, 4) is 5.75 Å². The SMILES string of the molecule is OCC1(Cc2ccc(O)cc2F)CC1. The first kappa shape index (κ1) is 9.46. The number of hydrogen-bond donors (Lipinski definition) is 2. The largest absolute Gasteiger partial charge is 0.508 e. The van der Waals surface area contributed by atoms with Crippen molar-refractivity contribution in [1.29, 1.82) is 0 Å². The summed E-state index contributed by atoms with van der Waals surface area (Å²) in [5.74, 6) is -0.440. The van der Waals surface area contributed by atoms with Crippen LogP contribution in [0, 0.1) is 11.2 Å². The average Bonchev–Trinajstić information content (AvgIpc) is 2.91. The zero-order valence-electron chi connectivity index (χ0n) is 7.83. The molecule has 0 unspecified atom stereocenters. The van der Waals surface area contributed by atoms with Crippen LogP contribution in [0.4, 0.5) is 4.39 Å². The summed E-state index contributed by atoms with van der Waals surface area (Å²) in [5, 5.41) is 18.1. The highest BCUT2D eigenvalue weighted by molar-refractivity contribution is 5.29. The fourth-order valence-electron chi connectivity index (χ4n) is 1.65. The first-order valence-corrected chi connectivity index (χ1v) is 4.73. The zero-order chi connectivity index (χ0) is 10.2. The van der Waals surface area contributed by atoms with Gasteiger partial charge in [0.2, 0.25) is 0 Å². The van der Waals surface area contributed by atoms with Gasteiger partial charge in [-0.2, -0.15) is 0 Å². The van der Waals surface area contributed by atoms with E-state index >= 15 is 0 Å². The zero-order valence-corrected chi connectivity index (χ0v) is 7.83. The van der Waals surface area contributed by atoms with Gasteiger partial charge in [0, 0.05) is 12.7 Å². The van der Waals surface area contributed by atoms with E-state index in [-0.39, 0.29) is 23.6 Å². The highest BCUT2D eigenvalue weighted by Gasteiger charge is 2.42. The third-order valence-electron chi connectivity index (χ3n) is 2.89. The Bertz CT molecular complexity index is 345. The van der Waals surface area contributed by atoms with Crippen LogP contribution in [0.2, 0.25) is 0 Å². The lowest BCUT2D eigenvalue weighted by atomic mass is 9.97. The lowest BCUT2D eigenvalue weighted by Crippen LogP contribution is -2.11. The standard InChI is InChI=1S/C11H13FO2/c12-10-5-9(14)2-1-8(10)6-11(7-13)3-4-11/h1-2,5,13-14H,3-4,6-7H2. The molecule has 14 heavy (non-hydrogen) atoms. The molecular weight excluding hydrogens is 183 g/mol. The van der Waals surface area contributed by atoms with Crippen LogP contribution in [-0.4, -0.2) is 16.8 Å². The monoisotopic (exact) mass is 196 g/mol.